The molecule has 1 aliphatic heterocycles. The first-order valence-corrected chi connectivity index (χ1v) is 12.3. The summed E-state index contributed by atoms with van der Waals surface area (Å²) in [6.45, 7) is 6.32. The summed E-state index contributed by atoms with van der Waals surface area (Å²) in [5.41, 5.74) is 7.51. The van der Waals surface area contributed by atoms with E-state index in [1.54, 1.807) is 16.2 Å². The Morgan fingerprint density at radius 3 is 2.73 bits per heavy atom. The number of hydrogen-bond acceptors (Lipinski definition) is 4. The highest BCUT2D eigenvalue weighted by atomic mass is 32.1. The molecule has 170 valence electrons. The van der Waals surface area contributed by atoms with Gasteiger partial charge in [0.1, 0.15) is 5.00 Å². The van der Waals surface area contributed by atoms with Crippen LogP contribution < -0.4 is 4.90 Å². The summed E-state index contributed by atoms with van der Waals surface area (Å²) in [7, 11) is 1.81. The monoisotopic (exact) mass is 460 g/mol. The topological polar surface area (TPSA) is 51.5 Å². The van der Waals surface area contributed by atoms with E-state index in [9.17, 15) is 9.59 Å². The van der Waals surface area contributed by atoms with Crippen molar-refractivity contribution in [3.8, 4) is 5.00 Å². The first-order chi connectivity index (χ1) is 15.9. The Morgan fingerprint density at radius 2 is 1.94 bits per heavy atom. The van der Waals surface area contributed by atoms with E-state index in [1.807, 2.05) is 44.3 Å². The molecule has 1 amide bonds. The zero-order valence-electron chi connectivity index (χ0n) is 19.5. The Kier molecular flexibility index (Phi) is 5.49. The minimum absolute atomic E-state index is 0.000182. The van der Waals surface area contributed by atoms with Crippen LogP contribution in [-0.4, -0.2) is 30.1 Å². The van der Waals surface area contributed by atoms with Crippen molar-refractivity contribution in [3.63, 3.8) is 0 Å². The Hall–Kier alpha value is -3.12. The van der Waals surface area contributed by atoms with Gasteiger partial charge < -0.3 is 14.2 Å². The van der Waals surface area contributed by atoms with Gasteiger partial charge in [-0.3, -0.25) is 4.79 Å². The summed E-state index contributed by atoms with van der Waals surface area (Å²) in [6.07, 6.45) is 6.19. The molecule has 3 aromatic rings. The molecule has 5 rings (SSSR count). The van der Waals surface area contributed by atoms with Gasteiger partial charge in [0.25, 0.3) is 5.91 Å². The van der Waals surface area contributed by atoms with Crippen LogP contribution in [0.2, 0.25) is 0 Å². The molecule has 2 aliphatic rings. The zero-order chi connectivity index (χ0) is 23.3. The van der Waals surface area contributed by atoms with Gasteiger partial charge in [0.15, 0.2) is 0 Å². The number of nitrogens with zero attached hydrogens (tertiary/aromatic N) is 2. The van der Waals surface area contributed by atoms with Crippen molar-refractivity contribution in [2.45, 2.75) is 46.5 Å². The normalized spacial score (nSPS) is 16.3. The van der Waals surface area contributed by atoms with Crippen LogP contribution in [0, 0.1) is 13.8 Å². The van der Waals surface area contributed by atoms with Crippen LogP contribution in [0.25, 0.3) is 16.7 Å². The lowest BCUT2D eigenvalue weighted by Gasteiger charge is -2.13. The second-order valence-corrected chi connectivity index (χ2v) is 9.80. The Morgan fingerprint density at radius 1 is 1.18 bits per heavy atom. The van der Waals surface area contributed by atoms with Crippen LogP contribution in [0.15, 0.2) is 30.3 Å². The number of aromatic nitrogens is 1. The molecule has 0 spiro atoms. The molecule has 0 unspecified atom stereocenters. The van der Waals surface area contributed by atoms with Crippen molar-refractivity contribution < 1.29 is 14.3 Å². The third-order valence-corrected chi connectivity index (χ3v) is 7.97. The third kappa shape index (κ3) is 3.44. The highest BCUT2D eigenvalue weighted by Gasteiger charge is 2.31. The average Bonchev–Trinajstić information content (AvgIpc) is 3.40. The highest BCUT2D eigenvalue weighted by Crippen LogP contribution is 2.41. The maximum absolute atomic E-state index is 13.0. The molecule has 2 aromatic heterocycles. The van der Waals surface area contributed by atoms with Gasteiger partial charge >= 0.3 is 5.97 Å². The summed E-state index contributed by atoms with van der Waals surface area (Å²) in [5, 5.41) is 0.940. The van der Waals surface area contributed by atoms with Crippen LogP contribution in [0.5, 0.6) is 0 Å². The number of carbonyl (C=O) groups is 2. The fraction of sp³-hybridized carbons (Fsp3) is 0.333. The number of ether oxygens (including phenoxy) is 1. The maximum Gasteiger partial charge on any atom is 0.341 e. The summed E-state index contributed by atoms with van der Waals surface area (Å²) >= 11 is 1.71. The average molecular weight is 461 g/mol. The molecule has 0 saturated heterocycles. The molecule has 33 heavy (non-hydrogen) atoms. The largest absolute Gasteiger partial charge is 0.462 e. The number of fused-ring (bicyclic) bond motifs is 2. The van der Waals surface area contributed by atoms with Gasteiger partial charge in [-0.2, -0.15) is 0 Å². The number of hydrogen-bond donors (Lipinski definition) is 0. The molecule has 5 nitrogen and oxygen atoms in total. The molecule has 6 heteroatoms. The predicted octanol–water partition coefficient (Wildman–Crippen LogP) is 5.73. The van der Waals surface area contributed by atoms with E-state index in [1.165, 1.54) is 4.88 Å². The van der Waals surface area contributed by atoms with E-state index in [4.69, 9.17) is 4.74 Å². The number of anilines is 1. The zero-order valence-corrected chi connectivity index (χ0v) is 20.3. The van der Waals surface area contributed by atoms with E-state index >= 15 is 0 Å². The quantitative estimate of drug-likeness (QED) is 0.369. The van der Waals surface area contributed by atoms with Gasteiger partial charge in [0.05, 0.1) is 17.9 Å². The van der Waals surface area contributed by atoms with Crippen molar-refractivity contribution in [3.05, 3.63) is 68.9 Å². The van der Waals surface area contributed by atoms with Crippen LogP contribution in [0.1, 0.15) is 63.1 Å². The van der Waals surface area contributed by atoms with E-state index in [-0.39, 0.29) is 11.9 Å². The molecular formula is C27H28N2O3S. The number of esters is 1. The number of benzene rings is 1. The Labute approximate surface area is 198 Å². The molecule has 0 saturated carbocycles. The molecule has 0 radical (unpaired) electrons. The summed E-state index contributed by atoms with van der Waals surface area (Å²) < 4.78 is 7.63. The lowest BCUT2D eigenvalue weighted by molar-refractivity contribution is -0.112. The molecule has 0 fully saturated rings. The van der Waals surface area contributed by atoms with Gasteiger partial charge in [-0.05, 0) is 75.8 Å². The molecule has 1 aliphatic carbocycles. The first-order valence-electron chi connectivity index (χ1n) is 11.5. The van der Waals surface area contributed by atoms with Crippen LogP contribution in [0.4, 0.5) is 5.69 Å². The molecule has 0 N–H and O–H groups in total. The lowest BCUT2D eigenvalue weighted by Crippen LogP contribution is -2.20. The number of likely N-dealkylation sites (N-methyl/N-ethyl adjacent to an activating group) is 1. The SMILES string of the molecule is CCOC(=O)c1c(-n2c(C)cc(/C=C3/C(=O)N(C)c4ccccc43)c2C)sc2c1CCCC2. The minimum atomic E-state index is -0.235. The van der Waals surface area contributed by atoms with Crippen molar-refractivity contribution in [2.75, 3.05) is 18.6 Å². The van der Waals surface area contributed by atoms with E-state index in [0.29, 0.717) is 12.2 Å². The van der Waals surface area contributed by atoms with Gasteiger partial charge in [-0.15, -0.1) is 11.3 Å². The molecule has 1 aromatic carbocycles. The smallest absolute Gasteiger partial charge is 0.341 e. The summed E-state index contributed by atoms with van der Waals surface area (Å²) in [5.74, 6) is -0.236. The van der Waals surface area contributed by atoms with Gasteiger partial charge in [-0.1, -0.05) is 18.2 Å². The number of amides is 1. The highest BCUT2D eigenvalue weighted by molar-refractivity contribution is 7.15. The minimum Gasteiger partial charge on any atom is -0.462 e. The number of aryl methyl sites for hydroxylation is 2. The van der Waals surface area contributed by atoms with Gasteiger partial charge in [0, 0.05) is 34.4 Å². The lowest BCUT2D eigenvalue weighted by atomic mass is 9.95. The summed E-state index contributed by atoms with van der Waals surface area (Å²) in [6, 6.07) is 9.98. The fourth-order valence-corrected chi connectivity index (χ4v) is 6.55. The van der Waals surface area contributed by atoms with Crippen molar-refractivity contribution in [1.82, 2.24) is 4.57 Å². The third-order valence-electron chi connectivity index (χ3n) is 6.70. The number of thiophene rings is 1. The maximum atomic E-state index is 13.0. The van der Waals surface area contributed by atoms with Crippen molar-refractivity contribution in [1.29, 1.82) is 0 Å². The Bertz CT molecular complexity index is 1310. The van der Waals surface area contributed by atoms with E-state index < -0.39 is 0 Å². The van der Waals surface area contributed by atoms with Crippen LogP contribution >= 0.6 is 11.3 Å². The van der Waals surface area contributed by atoms with Crippen LogP contribution in [-0.2, 0) is 22.4 Å². The number of rotatable bonds is 4. The van der Waals surface area contributed by atoms with Gasteiger partial charge in [0.2, 0.25) is 0 Å². The van der Waals surface area contributed by atoms with E-state index in [2.05, 4.69) is 24.5 Å². The first kappa shape index (κ1) is 21.7. The molecular weight excluding hydrogens is 432 g/mol. The Balaban J connectivity index is 1.65. The van der Waals surface area contributed by atoms with Gasteiger partial charge in [-0.25, -0.2) is 4.79 Å². The molecule has 0 atom stereocenters. The van der Waals surface area contributed by atoms with Crippen molar-refractivity contribution in [2.24, 2.45) is 0 Å². The fourth-order valence-electron chi connectivity index (χ4n) is 5.06. The number of para-hydroxylation sites is 1. The second kappa shape index (κ2) is 8.34. The van der Waals surface area contributed by atoms with E-state index in [0.717, 1.165) is 70.0 Å². The second-order valence-electron chi connectivity index (χ2n) is 8.71. The number of carbonyl (C=O) groups excluding carboxylic acids is 2. The summed E-state index contributed by atoms with van der Waals surface area (Å²) in [4.78, 5) is 29.0. The predicted molar refractivity (Wildman–Crippen MR) is 133 cm³/mol. The molecule has 0 bridgehead atoms. The van der Waals surface area contributed by atoms with Crippen LogP contribution in [0.3, 0.4) is 0 Å². The molecule has 3 heterocycles. The van der Waals surface area contributed by atoms with Crippen molar-refractivity contribution >= 4 is 40.5 Å². The standard InChI is InChI=1S/C27H28N2O3S/c1-5-32-27(31)24-20-11-7-9-13-23(20)33-26(24)29-16(2)14-18(17(29)3)15-21-19-10-6-8-12-22(19)28(4)25(21)30/h6,8,10,12,14-15H,5,7,9,11,13H2,1-4H3/b21-15+.